The Morgan fingerprint density at radius 2 is 1.96 bits per heavy atom. The monoisotopic (exact) mass is 321 g/mol. The van der Waals surface area contributed by atoms with Crippen molar-refractivity contribution in [3.05, 3.63) is 60.4 Å². The van der Waals surface area contributed by atoms with Crippen LogP contribution in [0, 0.1) is 0 Å². The van der Waals surface area contributed by atoms with Gasteiger partial charge in [-0.2, -0.15) is 4.98 Å². The zero-order chi connectivity index (χ0) is 16.4. The summed E-state index contributed by atoms with van der Waals surface area (Å²) >= 11 is 0. The number of fused-ring (bicyclic) bond motifs is 1. The van der Waals surface area contributed by atoms with Gasteiger partial charge in [0.25, 0.3) is 5.89 Å². The van der Waals surface area contributed by atoms with Crippen molar-refractivity contribution < 1.29 is 9.26 Å². The van der Waals surface area contributed by atoms with Gasteiger partial charge in [0.2, 0.25) is 5.82 Å². The van der Waals surface area contributed by atoms with Crippen molar-refractivity contribution in [2.24, 2.45) is 0 Å². The highest BCUT2D eigenvalue weighted by Gasteiger charge is 2.11. The minimum Gasteiger partial charge on any atom is -0.484 e. The second kappa shape index (κ2) is 6.11. The summed E-state index contributed by atoms with van der Waals surface area (Å²) in [7, 11) is 0. The Hall–Kier alpha value is -3.22. The quantitative estimate of drug-likeness (QED) is 0.562. The Balaban J connectivity index is 1.56. The third kappa shape index (κ3) is 2.71. The second-order valence-electron chi connectivity index (χ2n) is 5.23. The number of ether oxygens (including phenoxy) is 1. The number of aryl methyl sites for hydroxylation is 1. The highest BCUT2D eigenvalue weighted by molar-refractivity contribution is 5.57. The van der Waals surface area contributed by atoms with E-state index in [1.54, 1.807) is 0 Å². The van der Waals surface area contributed by atoms with Crippen LogP contribution in [0.3, 0.4) is 0 Å². The average Bonchev–Trinajstić information content (AvgIpc) is 3.27. The van der Waals surface area contributed by atoms with Crippen molar-refractivity contribution in [1.29, 1.82) is 0 Å². The number of rotatable bonds is 5. The van der Waals surface area contributed by atoms with Crippen LogP contribution in [-0.4, -0.2) is 24.7 Å². The molecular formula is C17H15N5O2. The molecule has 4 rings (SSSR count). The number of aromatic nitrogens is 5. The molecule has 7 heteroatoms. The lowest BCUT2D eigenvalue weighted by atomic mass is 10.2. The van der Waals surface area contributed by atoms with Gasteiger partial charge in [-0.3, -0.25) is 4.40 Å². The van der Waals surface area contributed by atoms with E-state index in [0.717, 1.165) is 29.2 Å². The Morgan fingerprint density at radius 1 is 1.08 bits per heavy atom. The van der Waals surface area contributed by atoms with Crippen molar-refractivity contribution in [2.45, 2.75) is 20.0 Å². The maximum atomic E-state index is 5.61. The van der Waals surface area contributed by atoms with Crippen molar-refractivity contribution in [1.82, 2.24) is 24.7 Å². The topological polar surface area (TPSA) is 78.3 Å². The summed E-state index contributed by atoms with van der Waals surface area (Å²) in [5.74, 6) is 2.59. The van der Waals surface area contributed by atoms with E-state index >= 15 is 0 Å². The van der Waals surface area contributed by atoms with Gasteiger partial charge in [-0.15, -0.1) is 10.2 Å². The fourth-order valence-electron chi connectivity index (χ4n) is 2.40. The minimum absolute atomic E-state index is 0.228. The van der Waals surface area contributed by atoms with Gasteiger partial charge < -0.3 is 9.26 Å². The van der Waals surface area contributed by atoms with Crippen molar-refractivity contribution >= 4 is 5.65 Å². The standard InChI is InChI=1S/C17H15N5O2/c1-2-14-19-20-15-9-8-12(10-22(14)15)17-18-16(24-21-17)11-23-13-6-4-3-5-7-13/h3-10H,2,11H2,1H3. The molecule has 0 saturated heterocycles. The Kier molecular flexibility index (Phi) is 3.66. The molecule has 0 aliphatic carbocycles. The van der Waals surface area contributed by atoms with E-state index in [9.17, 15) is 0 Å². The first-order valence-corrected chi connectivity index (χ1v) is 7.68. The van der Waals surface area contributed by atoms with Crippen LogP contribution < -0.4 is 4.74 Å². The van der Waals surface area contributed by atoms with Crippen molar-refractivity contribution in [2.75, 3.05) is 0 Å². The van der Waals surface area contributed by atoms with Gasteiger partial charge in [0.15, 0.2) is 12.3 Å². The zero-order valence-electron chi connectivity index (χ0n) is 13.1. The maximum absolute atomic E-state index is 5.61. The summed E-state index contributed by atoms with van der Waals surface area (Å²) in [6.07, 6.45) is 2.72. The van der Waals surface area contributed by atoms with Crippen molar-refractivity contribution in [3.63, 3.8) is 0 Å². The summed E-state index contributed by atoms with van der Waals surface area (Å²) < 4.78 is 12.8. The number of hydrogen-bond donors (Lipinski definition) is 0. The van der Waals surface area contributed by atoms with Crippen LogP contribution >= 0.6 is 0 Å². The van der Waals surface area contributed by atoms with E-state index in [-0.39, 0.29) is 6.61 Å². The van der Waals surface area contributed by atoms with Crippen LogP contribution in [0.25, 0.3) is 17.0 Å². The number of benzene rings is 1. The highest BCUT2D eigenvalue weighted by Crippen LogP contribution is 2.18. The third-order valence-electron chi connectivity index (χ3n) is 3.62. The van der Waals surface area contributed by atoms with Crippen LogP contribution in [0.4, 0.5) is 0 Å². The number of hydrogen-bond acceptors (Lipinski definition) is 6. The van der Waals surface area contributed by atoms with Gasteiger partial charge in [0.05, 0.1) is 0 Å². The van der Waals surface area contributed by atoms with Gasteiger partial charge in [0, 0.05) is 18.2 Å². The second-order valence-corrected chi connectivity index (χ2v) is 5.23. The third-order valence-corrected chi connectivity index (χ3v) is 3.62. The van der Waals surface area contributed by atoms with E-state index < -0.39 is 0 Å². The van der Waals surface area contributed by atoms with E-state index in [0.29, 0.717) is 11.7 Å². The Labute approximate surface area is 137 Å². The molecule has 0 unspecified atom stereocenters. The van der Waals surface area contributed by atoms with E-state index in [1.165, 1.54) is 0 Å². The molecule has 7 nitrogen and oxygen atoms in total. The first-order chi connectivity index (χ1) is 11.8. The van der Waals surface area contributed by atoms with E-state index in [4.69, 9.17) is 9.26 Å². The smallest absolute Gasteiger partial charge is 0.264 e. The normalized spacial score (nSPS) is 11.0. The predicted molar refractivity (Wildman–Crippen MR) is 86.4 cm³/mol. The molecule has 3 aromatic heterocycles. The summed E-state index contributed by atoms with van der Waals surface area (Å²) in [4.78, 5) is 4.39. The molecule has 0 saturated carbocycles. The van der Waals surface area contributed by atoms with Gasteiger partial charge in [-0.05, 0) is 24.3 Å². The fourth-order valence-corrected chi connectivity index (χ4v) is 2.40. The number of para-hydroxylation sites is 1. The fraction of sp³-hybridized carbons (Fsp3) is 0.176. The lowest BCUT2D eigenvalue weighted by Gasteiger charge is -2.01. The summed E-state index contributed by atoms with van der Waals surface area (Å²) in [6, 6.07) is 13.3. The molecule has 24 heavy (non-hydrogen) atoms. The molecule has 0 bridgehead atoms. The van der Waals surface area contributed by atoms with Gasteiger partial charge in [-0.1, -0.05) is 30.3 Å². The molecule has 0 aliphatic rings. The van der Waals surface area contributed by atoms with Crippen LogP contribution in [0.1, 0.15) is 18.6 Å². The molecule has 0 spiro atoms. The van der Waals surface area contributed by atoms with Crippen LogP contribution in [0.15, 0.2) is 53.2 Å². The lowest BCUT2D eigenvalue weighted by Crippen LogP contribution is -1.96. The Bertz CT molecular complexity index is 961. The molecule has 3 heterocycles. The molecule has 0 aliphatic heterocycles. The first kappa shape index (κ1) is 14.4. The SMILES string of the molecule is CCc1nnc2ccc(-c3noc(COc4ccccc4)n3)cn12. The predicted octanol–water partition coefficient (Wildman–Crippen LogP) is 2.92. The van der Waals surface area contributed by atoms with E-state index in [1.807, 2.05) is 60.0 Å². The summed E-state index contributed by atoms with van der Waals surface area (Å²) in [5, 5.41) is 12.3. The molecule has 0 amide bonds. The largest absolute Gasteiger partial charge is 0.484 e. The maximum Gasteiger partial charge on any atom is 0.264 e. The molecule has 0 radical (unpaired) electrons. The lowest BCUT2D eigenvalue weighted by molar-refractivity contribution is 0.243. The van der Waals surface area contributed by atoms with E-state index in [2.05, 4.69) is 20.3 Å². The zero-order valence-corrected chi connectivity index (χ0v) is 13.1. The van der Waals surface area contributed by atoms with Crippen molar-refractivity contribution in [3.8, 4) is 17.1 Å². The van der Waals surface area contributed by atoms with Gasteiger partial charge in [0.1, 0.15) is 11.6 Å². The highest BCUT2D eigenvalue weighted by atomic mass is 16.5. The summed E-state index contributed by atoms with van der Waals surface area (Å²) in [5.41, 5.74) is 1.64. The molecule has 120 valence electrons. The summed E-state index contributed by atoms with van der Waals surface area (Å²) in [6.45, 7) is 2.27. The van der Waals surface area contributed by atoms with Crippen LogP contribution in [0.2, 0.25) is 0 Å². The van der Waals surface area contributed by atoms with Crippen LogP contribution in [0.5, 0.6) is 5.75 Å². The molecule has 0 atom stereocenters. The van der Waals surface area contributed by atoms with Gasteiger partial charge in [-0.25, -0.2) is 0 Å². The molecule has 0 fully saturated rings. The van der Waals surface area contributed by atoms with Gasteiger partial charge >= 0.3 is 0 Å². The molecule has 1 aromatic carbocycles. The number of pyridine rings is 1. The minimum atomic E-state index is 0.228. The number of nitrogens with zero attached hydrogens (tertiary/aromatic N) is 5. The average molecular weight is 321 g/mol. The molecular weight excluding hydrogens is 306 g/mol. The molecule has 4 aromatic rings. The molecule has 0 N–H and O–H groups in total. The first-order valence-electron chi connectivity index (χ1n) is 7.68. The van der Waals surface area contributed by atoms with Crippen LogP contribution in [-0.2, 0) is 13.0 Å². The Morgan fingerprint density at radius 3 is 2.79 bits per heavy atom.